The lowest BCUT2D eigenvalue weighted by atomic mass is 10.1. The number of hydrogen-bond donors (Lipinski definition) is 1. The molecule has 4 nitrogen and oxygen atoms in total. The van der Waals surface area contributed by atoms with Crippen LogP contribution in [-0.4, -0.2) is 27.0 Å². The summed E-state index contributed by atoms with van der Waals surface area (Å²) in [5.41, 5.74) is 7.88. The van der Waals surface area contributed by atoms with Crippen LogP contribution in [0, 0.1) is 6.92 Å². The molecule has 0 heterocycles. The number of hydrogen-bond acceptors (Lipinski definition) is 4. The summed E-state index contributed by atoms with van der Waals surface area (Å²) < 4.78 is 27.5. The molecule has 0 aromatic heterocycles. The van der Waals surface area contributed by atoms with Crippen LogP contribution in [0.3, 0.4) is 0 Å². The van der Waals surface area contributed by atoms with Crippen molar-refractivity contribution in [3.8, 4) is 5.75 Å². The number of sulfone groups is 1. The molecule has 1 rings (SSSR count). The molecule has 1 aromatic carbocycles. The Balaban J connectivity index is 2.53. The highest BCUT2D eigenvalue weighted by Gasteiger charge is 2.05. The van der Waals surface area contributed by atoms with Crippen molar-refractivity contribution >= 4 is 9.84 Å². The first-order valence-electron chi connectivity index (χ1n) is 5.96. The van der Waals surface area contributed by atoms with Crippen LogP contribution in [0.15, 0.2) is 18.2 Å². The van der Waals surface area contributed by atoms with E-state index in [-0.39, 0.29) is 11.8 Å². The summed E-state index contributed by atoms with van der Waals surface area (Å²) in [6, 6.07) is 5.82. The van der Waals surface area contributed by atoms with E-state index in [1.807, 2.05) is 32.0 Å². The fraction of sp³-hybridized carbons (Fsp3) is 0.538. The number of nitrogens with two attached hydrogens (primary N) is 1. The van der Waals surface area contributed by atoms with Gasteiger partial charge in [-0.05, 0) is 37.5 Å². The van der Waals surface area contributed by atoms with Crippen molar-refractivity contribution in [3.63, 3.8) is 0 Å². The SMILES string of the molecule is Cc1cc([C@@H](C)N)ccc1OCCCS(C)(=O)=O. The number of ether oxygens (including phenoxy) is 1. The van der Waals surface area contributed by atoms with Crippen LogP contribution in [0.25, 0.3) is 0 Å². The Hall–Kier alpha value is -1.07. The van der Waals surface area contributed by atoms with Crippen LogP contribution in [-0.2, 0) is 9.84 Å². The van der Waals surface area contributed by atoms with Crippen molar-refractivity contribution in [3.05, 3.63) is 29.3 Å². The van der Waals surface area contributed by atoms with Crippen LogP contribution < -0.4 is 10.5 Å². The maximum atomic E-state index is 11.0. The van der Waals surface area contributed by atoms with E-state index >= 15 is 0 Å². The highest BCUT2D eigenvalue weighted by atomic mass is 32.2. The summed E-state index contributed by atoms with van der Waals surface area (Å²) in [4.78, 5) is 0. The second-order valence-corrected chi connectivity index (χ2v) is 6.91. The molecule has 1 aromatic rings. The van der Waals surface area contributed by atoms with E-state index in [0.29, 0.717) is 13.0 Å². The molecule has 0 spiro atoms. The first kappa shape index (κ1) is 15.0. The summed E-state index contributed by atoms with van der Waals surface area (Å²) >= 11 is 0. The summed E-state index contributed by atoms with van der Waals surface area (Å²) in [6.45, 7) is 4.30. The normalized spacial score (nSPS) is 13.3. The monoisotopic (exact) mass is 271 g/mol. The van der Waals surface area contributed by atoms with Crippen molar-refractivity contribution in [2.75, 3.05) is 18.6 Å². The third-order valence-corrected chi connectivity index (χ3v) is 3.67. The highest BCUT2D eigenvalue weighted by Crippen LogP contribution is 2.21. The molecule has 0 amide bonds. The Morgan fingerprint density at radius 3 is 2.56 bits per heavy atom. The minimum Gasteiger partial charge on any atom is -0.493 e. The van der Waals surface area contributed by atoms with Gasteiger partial charge in [0.1, 0.15) is 15.6 Å². The summed E-state index contributed by atoms with van der Waals surface area (Å²) in [5.74, 6) is 0.942. The van der Waals surface area contributed by atoms with Gasteiger partial charge in [-0.15, -0.1) is 0 Å². The second kappa shape index (κ2) is 6.20. The smallest absolute Gasteiger partial charge is 0.147 e. The molecule has 2 N–H and O–H groups in total. The molecule has 5 heteroatoms. The third kappa shape index (κ3) is 5.06. The standard InChI is InChI=1S/C13H21NO3S/c1-10-9-12(11(2)14)5-6-13(10)17-7-4-8-18(3,15)16/h5-6,9,11H,4,7-8,14H2,1-3H3/t11-/m1/s1. The van der Waals surface area contributed by atoms with Gasteiger partial charge >= 0.3 is 0 Å². The van der Waals surface area contributed by atoms with E-state index in [9.17, 15) is 8.42 Å². The topological polar surface area (TPSA) is 69.4 Å². The summed E-state index contributed by atoms with van der Waals surface area (Å²) in [6.07, 6.45) is 1.74. The molecule has 0 fully saturated rings. The Bertz CT molecular complexity index is 495. The van der Waals surface area contributed by atoms with E-state index in [1.54, 1.807) is 0 Å². The number of rotatable bonds is 6. The molecule has 0 radical (unpaired) electrons. The van der Waals surface area contributed by atoms with Gasteiger partial charge in [-0.1, -0.05) is 12.1 Å². The third-order valence-electron chi connectivity index (χ3n) is 2.64. The molecule has 0 unspecified atom stereocenters. The molecule has 102 valence electrons. The zero-order valence-electron chi connectivity index (χ0n) is 11.1. The van der Waals surface area contributed by atoms with E-state index in [4.69, 9.17) is 10.5 Å². The first-order valence-corrected chi connectivity index (χ1v) is 8.02. The average Bonchev–Trinajstić information content (AvgIpc) is 2.24. The molecule has 1 atom stereocenters. The van der Waals surface area contributed by atoms with Gasteiger partial charge < -0.3 is 10.5 Å². The summed E-state index contributed by atoms with van der Waals surface area (Å²) in [7, 11) is -2.90. The zero-order valence-corrected chi connectivity index (χ0v) is 12.0. The maximum Gasteiger partial charge on any atom is 0.147 e. The summed E-state index contributed by atoms with van der Waals surface area (Å²) in [5, 5.41) is 0. The van der Waals surface area contributed by atoms with Gasteiger partial charge in [0, 0.05) is 12.3 Å². The quantitative estimate of drug-likeness (QED) is 0.801. The van der Waals surface area contributed by atoms with Gasteiger partial charge in [-0.25, -0.2) is 8.42 Å². The molecule has 0 saturated heterocycles. The molecule has 0 bridgehead atoms. The molecular weight excluding hydrogens is 250 g/mol. The van der Waals surface area contributed by atoms with Gasteiger partial charge in [-0.2, -0.15) is 0 Å². The lowest BCUT2D eigenvalue weighted by Crippen LogP contribution is -2.09. The largest absolute Gasteiger partial charge is 0.493 e. The molecule has 0 aliphatic carbocycles. The van der Waals surface area contributed by atoms with Gasteiger partial charge in [-0.3, -0.25) is 0 Å². The zero-order chi connectivity index (χ0) is 13.8. The Labute approximate surface area is 109 Å². The van der Waals surface area contributed by atoms with Crippen molar-refractivity contribution < 1.29 is 13.2 Å². The van der Waals surface area contributed by atoms with Crippen LogP contribution in [0.5, 0.6) is 5.75 Å². The van der Waals surface area contributed by atoms with E-state index in [1.165, 1.54) is 6.26 Å². The number of benzene rings is 1. The highest BCUT2D eigenvalue weighted by molar-refractivity contribution is 7.90. The van der Waals surface area contributed by atoms with Crippen molar-refractivity contribution in [1.29, 1.82) is 0 Å². The minimum atomic E-state index is -2.90. The van der Waals surface area contributed by atoms with Gasteiger partial charge in [0.2, 0.25) is 0 Å². The maximum absolute atomic E-state index is 11.0. The fourth-order valence-corrected chi connectivity index (χ4v) is 2.26. The van der Waals surface area contributed by atoms with Gasteiger partial charge in [0.05, 0.1) is 12.4 Å². The van der Waals surface area contributed by atoms with Gasteiger partial charge in [0.15, 0.2) is 0 Å². The van der Waals surface area contributed by atoms with Crippen LogP contribution in [0.2, 0.25) is 0 Å². The lowest BCUT2D eigenvalue weighted by Gasteiger charge is -2.12. The molecular formula is C13H21NO3S. The van der Waals surface area contributed by atoms with Crippen molar-refractivity contribution in [1.82, 2.24) is 0 Å². The second-order valence-electron chi connectivity index (χ2n) is 4.65. The molecule has 0 aliphatic heterocycles. The van der Waals surface area contributed by atoms with Crippen LogP contribution in [0.1, 0.15) is 30.5 Å². The predicted octanol–water partition coefficient (Wildman–Crippen LogP) is 1.83. The Kier molecular flexibility index (Phi) is 5.16. The van der Waals surface area contributed by atoms with E-state index in [2.05, 4.69) is 0 Å². The molecule has 0 saturated carbocycles. The van der Waals surface area contributed by atoms with Gasteiger partial charge in [0.25, 0.3) is 0 Å². The molecule has 18 heavy (non-hydrogen) atoms. The van der Waals surface area contributed by atoms with Crippen LogP contribution in [0.4, 0.5) is 0 Å². The Morgan fingerprint density at radius 1 is 1.39 bits per heavy atom. The van der Waals surface area contributed by atoms with Crippen LogP contribution >= 0.6 is 0 Å². The van der Waals surface area contributed by atoms with Crippen molar-refractivity contribution in [2.45, 2.75) is 26.3 Å². The van der Waals surface area contributed by atoms with E-state index < -0.39 is 9.84 Å². The lowest BCUT2D eigenvalue weighted by molar-refractivity contribution is 0.315. The van der Waals surface area contributed by atoms with E-state index in [0.717, 1.165) is 16.9 Å². The average molecular weight is 271 g/mol. The van der Waals surface area contributed by atoms with Crippen molar-refractivity contribution in [2.24, 2.45) is 5.73 Å². The molecule has 0 aliphatic rings. The Morgan fingerprint density at radius 2 is 2.06 bits per heavy atom. The minimum absolute atomic E-state index is 0.00276. The fourth-order valence-electron chi connectivity index (χ4n) is 1.62. The first-order chi connectivity index (χ1) is 8.29. The number of aryl methyl sites for hydroxylation is 1. The predicted molar refractivity (Wildman–Crippen MR) is 73.6 cm³/mol.